The smallest absolute Gasteiger partial charge is 0.0717 e. The molecule has 0 spiro atoms. The first-order chi connectivity index (χ1) is 7.76. The maximum atomic E-state index is 5.61. The van der Waals surface area contributed by atoms with E-state index in [9.17, 15) is 0 Å². The van der Waals surface area contributed by atoms with E-state index in [-0.39, 0.29) is 0 Å². The third-order valence-corrected chi connectivity index (χ3v) is 2.69. The Bertz CT molecular complexity index is 280. The van der Waals surface area contributed by atoms with Gasteiger partial charge in [-0.3, -0.25) is 0 Å². The van der Waals surface area contributed by atoms with Crippen molar-refractivity contribution < 1.29 is 4.74 Å². The average molecular weight is 222 g/mol. The summed E-state index contributed by atoms with van der Waals surface area (Å²) < 4.78 is 5.61. The van der Waals surface area contributed by atoms with Gasteiger partial charge in [0.25, 0.3) is 0 Å². The molecule has 0 bridgehead atoms. The van der Waals surface area contributed by atoms with E-state index in [4.69, 9.17) is 10.5 Å². The number of rotatable bonds is 7. The highest BCUT2D eigenvalue weighted by atomic mass is 16.5. The predicted octanol–water partition coefficient (Wildman–Crippen LogP) is 2.13. The second-order valence-corrected chi connectivity index (χ2v) is 3.82. The molecule has 0 saturated heterocycles. The molecule has 0 aromatic heterocycles. The Morgan fingerprint density at radius 3 is 2.31 bits per heavy atom. The summed E-state index contributed by atoms with van der Waals surface area (Å²) in [7, 11) is 0. The SMILES string of the molecule is CCN(CC)CCOCc1ccc(N)cc1. The average Bonchev–Trinajstić information content (AvgIpc) is 2.32. The molecule has 0 fully saturated rings. The molecule has 2 N–H and O–H groups in total. The summed E-state index contributed by atoms with van der Waals surface area (Å²) in [5, 5.41) is 0. The van der Waals surface area contributed by atoms with Crippen LogP contribution in [0.3, 0.4) is 0 Å². The van der Waals surface area contributed by atoms with E-state index in [2.05, 4.69) is 18.7 Å². The molecule has 0 heterocycles. The Morgan fingerprint density at radius 1 is 1.12 bits per heavy atom. The summed E-state index contributed by atoms with van der Waals surface area (Å²) >= 11 is 0. The van der Waals surface area contributed by atoms with Crippen LogP contribution in [0.25, 0.3) is 0 Å². The Kier molecular flexibility index (Phi) is 5.90. The molecule has 0 aliphatic heterocycles. The fraction of sp³-hybridized carbons (Fsp3) is 0.538. The zero-order chi connectivity index (χ0) is 11.8. The number of ether oxygens (including phenoxy) is 1. The highest BCUT2D eigenvalue weighted by Gasteiger charge is 1.98. The Hall–Kier alpha value is -1.06. The molecule has 0 unspecified atom stereocenters. The number of nitrogen functional groups attached to an aromatic ring is 1. The van der Waals surface area contributed by atoms with Gasteiger partial charge in [-0.05, 0) is 30.8 Å². The summed E-state index contributed by atoms with van der Waals surface area (Å²) in [5.41, 5.74) is 7.58. The number of hydrogen-bond acceptors (Lipinski definition) is 3. The van der Waals surface area contributed by atoms with Gasteiger partial charge in [0.15, 0.2) is 0 Å². The van der Waals surface area contributed by atoms with Gasteiger partial charge < -0.3 is 15.4 Å². The van der Waals surface area contributed by atoms with E-state index >= 15 is 0 Å². The Morgan fingerprint density at radius 2 is 1.75 bits per heavy atom. The standard InChI is InChI=1S/C13H22N2O/c1-3-15(4-2)9-10-16-11-12-5-7-13(14)8-6-12/h5-8H,3-4,9-11,14H2,1-2H3. The third kappa shape index (κ3) is 4.64. The molecule has 90 valence electrons. The topological polar surface area (TPSA) is 38.5 Å². The lowest BCUT2D eigenvalue weighted by molar-refractivity contribution is 0.0956. The van der Waals surface area contributed by atoms with Crippen LogP contribution in [0, 0.1) is 0 Å². The molecule has 0 radical (unpaired) electrons. The van der Waals surface area contributed by atoms with E-state index < -0.39 is 0 Å². The van der Waals surface area contributed by atoms with Gasteiger partial charge in [-0.15, -0.1) is 0 Å². The number of hydrogen-bond donors (Lipinski definition) is 1. The second kappa shape index (κ2) is 7.25. The van der Waals surface area contributed by atoms with Crippen LogP contribution in [0.1, 0.15) is 19.4 Å². The fourth-order valence-electron chi connectivity index (χ4n) is 1.54. The maximum Gasteiger partial charge on any atom is 0.0717 e. The summed E-state index contributed by atoms with van der Waals surface area (Å²) in [6.07, 6.45) is 0. The summed E-state index contributed by atoms with van der Waals surface area (Å²) in [6.45, 7) is 8.96. The molecule has 3 heteroatoms. The number of benzene rings is 1. The van der Waals surface area contributed by atoms with Crippen molar-refractivity contribution in [2.75, 3.05) is 32.0 Å². The van der Waals surface area contributed by atoms with Gasteiger partial charge in [0, 0.05) is 12.2 Å². The molecule has 0 amide bonds. The van der Waals surface area contributed by atoms with Crippen molar-refractivity contribution >= 4 is 5.69 Å². The van der Waals surface area contributed by atoms with Crippen molar-refractivity contribution in [3.63, 3.8) is 0 Å². The number of nitrogens with two attached hydrogens (primary N) is 1. The van der Waals surface area contributed by atoms with Gasteiger partial charge in [0.05, 0.1) is 13.2 Å². The van der Waals surface area contributed by atoms with Crippen molar-refractivity contribution in [2.24, 2.45) is 0 Å². The maximum absolute atomic E-state index is 5.61. The molecule has 1 aromatic rings. The van der Waals surface area contributed by atoms with Crippen LogP contribution in [0.4, 0.5) is 5.69 Å². The molecule has 0 aliphatic rings. The predicted molar refractivity (Wildman–Crippen MR) is 68.3 cm³/mol. The second-order valence-electron chi connectivity index (χ2n) is 3.82. The van der Waals surface area contributed by atoms with E-state index in [0.29, 0.717) is 6.61 Å². The Balaban J connectivity index is 2.18. The van der Waals surface area contributed by atoms with Crippen molar-refractivity contribution in [3.8, 4) is 0 Å². The number of likely N-dealkylation sites (N-methyl/N-ethyl adjacent to an activating group) is 1. The van der Waals surface area contributed by atoms with Crippen LogP contribution in [0.2, 0.25) is 0 Å². The minimum absolute atomic E-state index is 0.668. The summed E-state index contributed by atoms with van der Waals surface area (Å²) in [4.78, 5) is 2.35. The van der Waals surface area contributed by atoms with Gasteiger partial charge in [0.2, 0.25) is 0 Å². The van der Waals surface area contributed by atoms with Gasteiger partial charge in [-0.25, -0.2) is 0 Å². The first-order valence-electron chi connectivity index (χ1n) is 5.90. The van der Waals surface area contributed by atoms with E-state index in [0.717, 1.165) is 31.9 Å². The molecule has 0 aliphatic carbocycles. The minimum Gasteiger partial charge on any atom is -0.399 e. The van der Waals surface area contributed by atoms with Crippen LogP contribution >= 0.6 is 0 Å². The lowest BCUT2D eigenvalue weighted by atomic mass is 10.2. The van der Waals surface area contributed by atoms with Crippen molar-refractivity contribution in [3.05, 3.63) is 29.8 Å². The molecule has 3 nitrogen and oxygen atoms in total. The molecule has 0 atom stereocenters. The lowest BCUT2D eigenvalue weighted by Crippen LogP contribution is -2.26. The van der Waals surface area contributed by atoms with E-state index in [1.165, 1.54) is 5.56 Å². The lowest BCUT2D eigenvalue weighted by Gasteiger charge is -2.17. The van der Waals surface area contributed by atoms with Crippen molar-refractivity contribution in [1.29, 1.82) is 0 Å². The molecule has 1 aromatic carbocycles. The number of nitrogens with zero attached hydrogens (tertiary/aromatic N) is 1. The van der Waals surface area contributed by atoms with Gasteiger partial charge in [0.1, 0.15) is 0 Å². The fourth-order valence-corrected chi connectivity index (χ4v) is 1.54. The van der Waals surface area contributed by atoms with Crippen LogP contribution in [-0.4, -0.2) is 31.1 Å². The first-order valence-corrected chi connectivity index (χ1v) is 5.90. The molecular formula is C13H22N2O. The third-order valence-electron chi connectivity index (χ3n) is 2.69. The van der Waals surface area contributed by atoms with Crippen LogP contribution in [0.15, 0.2) is 24.3 Å². The normalized spacial score (nSPS) is 10.9. The monoisotopic (exact) mass is 222 g/mol. The highest BCUT2D eigenvalue weighted by molar-refractivity contribution is 5.39. The van der Waals surface area contributed by atoms with Crippen molar-refractivity contribution in [1.82, 2.24) is 4.90 Å². The van der Waals surface area contributed by atoms with Crippen molar-refractivity contribution in [2.45, 2.75) is 20.5 Å². The molecule has 0 saturated carbocycles. The zero-order valence-corrected chi connectivity index (χ0v) is 10.3. The molecule has 1 rings (SSSR count). The minimum atomic E-state index is 0.668. The van der Waals surface area contributed by atoms with E-state index in [1.807, 2.05) is 24.3 Å². The van der Waals surface area contributed by atoms with Gasteiger partial charge in [-0.2, -0.15) is 0 Å². The quantitative estimate of drug-likeness (QED) is 0.567. The number of anilines is 1. The largest absolute Gasteiger partial charge is 0.399 e. The zero-order valence-electron chi connectivity index (χ0n) is 10.3. The van der Waals surface area contributed by atoms with Crippen LogP contribution in [0.5, 0.6) is 0 Å². The van der Waals surface area contributed by atoms with Gasteiger partial charge in [-0.1, -0.05) is 26.0 Å². The van der Waals surface area contributed by atoms with Crippen LogP contribution < -0.4 is 5.73 Å². The first kappa shape index (κ1) is 13.0. The van der Waals surface area contributed by atoms with Gasteiger partial charge >= 0.3 is 0 Å². The molecular weight excluding hydrogens is 200 g/mol. The Labute approximate surface area is 98.2 Å². The van der Waals surface area contributed by atoms with E-state index in [1.54, 1.807) is 0 Å². The summed E-state index contributed by atoms with van der Waals surface area (Å²) in [5.74, 6) is 0. The van der Waals surface area contributed by atoms with Crippen LogP contribution in [-0.2, 0) is 11.3 Å². The highest BCUT2D eigenvalue weighted by Crippen LogP contribution is 2.06. The summed E-state index contributed by atoms with van der Waals surface area (Å²) in [6, 6.07) is 7.83. The molecule has 16 heavy (non-hydrogen) atoms.